The summed E-state index contributed by atoms with van der Waals surface area (Å²) >= 11 is 1.21. The van der Waals surface area contributed by atoms with E-state index in [-0.39, 0.29) is 15.4 Å². The fraction of sp³-hybridized carbons (Fsp3) is 0.300. The van der Waals surface area contributed by atoms with Gasteiger partial charge in [-0.1, -0.05) is 11.3 Å². The number of benzene rings is 2. The number of aromatic nitrogens is 1. The van der Waals surface area contributed by atoms with Crippen molar-refractivity contribution in [3.05, 3.63) is 52.8 Å². The second-order valence-corrected chi connectivity index (χ2v) is 12.4. The highest BCUT2D eigenvalue weighted by Gasteiger charge is 2.27. The molecule has 3 aromatic rings. The topological polar surface area (TPSA) is 106 Å². The van der Waals surface area contributed by atoms with Crippen LogP contribution < -0.4 is 4.80 Å². The van der Waals surface area contributed by atoms with E-state index in [4.69, 9.17) is 0 Å². The van der Waals surface area contributed by atoms with E-state index in [1.54, 1.807) is 23.7 Å². The summed E-state index contributed by atoms with van der Waals surface area (Å²) in [5.74, 6) is -0.504. The van der Waals surface area contributed by atoms with Crippen molar-refractivity contribution < 1.29 is 21.6 Å². The molecule has 1 amide bonds. The molecule has 164 valence electrons. The van der Waals surface area contributed by atoms with Crippen LogP contribution in [0, 0.1) is 0 Å². The van der Waals surface area contributed by atoms with Gasteiger partial charge in [0.15, 0.2) is 14.6 Å². The van der Waals surface area contributed by atoms with Crippen molar-refractivity contribution in [2.24, 2.45) is 12.0 Å². The third kappa shape index (κ3) is 4.22. The number of aryl methyl sites for hydroxylation is 1. The van der Waals surface area contributed by atoms with E-state index in [9.17, 15) is 21.6 Å². The van der Waals surface area contributed by atoms with E-state index in [1.165, 1.54) is 46.0 Å². The van der Waals surface area contributed by atoms with Crippen molar-refractivity contribution in [3.63, 3.8) is 0 Å². The lowest BCUT2D eigenvalue weighted by Crippen LogP contribution is -2.27. The molecule has 0 saturated carbocycles. The molecule has 0 atom stereocenters. The molecule has 1 saturated heterocycles. The molecule has 0 aliphatic carbocycles. The van der Waals surface area contributed by atoms with Crippen LogP contribution in [-0.4, -0.2) is 51.0 Å². The Morgan fingerprint density at radius 1 is 0.968 bits per heavy atom. The lowest BCUT2D eigenvalue weighted by molar-refractivity contribution is 0.0998. The molecule has 8 nitrogen and oxygen atoms in total. The fourth-order valence-corrected chi connectivity index (χ4v) is 6.74. The highest BCUT2D eigenvalue weighted by Crippen LogP contribution is 2.22. The molecule has 4 rings (SSSR count). The molecule has 1 aliphatic rings. The Bertz CT molecular complexity index is 1440. The van der Waals surface area contributed by atoms with Crippen molar-refractivity contribution in [3.8, 4) is 0 Å². The van der Waals surface area contributed by atoms with Gasteiger partial charge in [-0.15, -0.1) is 0 Å². The van der Waals surface area contributed by atoms with Gasteiger partial charge in [0.1, 0.15) is 0 Å². The molecule has 0 radical (unpaired) electrons. The molecule has 0 spiro atoms. The normalized spacial score (nSPS) is 16.3. The highest BCUT2D eigenvalue weighted by atomic mass is 32.2. The molecule has 1 aromatic heterocycles. The average Bonchev–Trinajstić information content (AvgIpc) is 3.37. The Morgan fingerprint density at radius 3 is 2.19 bits per heavy atom. The molecular formula is C20H21N3O5S3. The second-order valence-electron chi connectivity index (χ2n) is 7.40. The number of amides is 1. The van der Waals surface area contributed by atoms with Gasteiger partial charge >= 0.3 is 0 Å². The first kappa shape index (κ1) is 21.9. The summed E-state index contributed by atoms with van der Waals surface area (Å²) in [5.41, 5.74) is 1.03. The van der Waals surface area contributed by atoms with Crippen molar-refractivity contribution in [2.75, 3.05) is 19.3 Å². The van der Waals surface area contributed by atoms with Gasteiger partial charge < -0.3 is 4.57 Å². The second kappa shape index (κ2) is 7.97. The van der Waals surface area contributed by atoms with Gasteiger partial charge in [-0.25, -0.2) is 16.8 Å². The number of fused-ring (bicyclic) bond motifs is 1. The largest absolute Gasteiger partial charge is 0.319 e. The number of thiazole rings is 1. The van der Waals surface area contributed by atoms with Crippen molar-refractivity contribution in [1.82, 2.24) is 8.87 Å². The fourth-order valence-electron chi connectivity index (χ4n) is 3.45. The highest BCUT2D eigenvalue weighted by molar-refractivity contribution is 7.90. The summed E-state index contributed by atoms with van der Waals surface area (Å²) in [6.45, 7) is 1.03. The zero-order chi connectivity index (χ0) is 22.4. The number of nitrogens with zero attached hydrogens (tertiary/aromatic N) is 3. The number of hydrogen-bond acceptors (Lipinski definition) is 6. The van der Waals surface area contributed by atoms with Crippen molar-refractivity contribution in [2.45, 2.75) is 22.6 Å². The summed E-state index contributed by atoms with van der Waals surface area (Å²) in [6, 6.07) is 10.6. The lowest BCUT2D eigenvalue weighted by Gasteiger charge is -2.15. The van der Waals surface area contributed by atoms with Crippen LogP contribution >= 0.6 is 11.3 Å². The van der Waals surface area contributed by atoms with Crippen LogP contribution in [0.25, 0.3) is 10.2 Å². The zero-order valence-electron chi connectivity index (χ0n) is 17.0. The van der Waals surface area contributed by atoms with E-state index in [0.29, 0.717) is 22.6 Å². The lowest BCUT2D eigenvalue weighted by atomic mass is 10.2. The maximum absolute atomic E-state index is 12.7. The maximum Gasteiger partial charge on any atom is 0.279 e. The Hall–Kier alpha value is -2.34. The van der Waals surface area contributed by atoms with Crippen LogP contribution in [0.1, 0.15) is 23.2 Å². The summed E-state index contributed by atoms with van der Waals surface area (Å²) in [5, 5.41) is 0. The smallest absolute Gasteiger partial charge is 0.279 e. The van der Waals surface area contributed by atoms with E-state index in [1.807, 2.05) is 0 Å². The molecule has 1 aliphatic heterocycles. The summed E-state index contributed by atoms with van der Waals surface area (Å²) in [7, 11) is -5.13. The van der Waals surface area contributed by atoms with Crippen molar-refractivity contribution >= 4 is 47.3 Å². The van der Waals surface area contributed by atoms with Crippen molar-refractivity contribution in [1.29, 1.82) is 0 Å². The van der Waals surface area contributed by atoms with Crippen LogP contribution in [0.5, 0.6) is 0 Å². The molecule has 0 bridgehead atoms. The van der Waals surface area contributed by atoms with Gasteiger partial charge in [-0.3, -0.25) is 4.79 Å². The standard InChI is InChI=1S/C20H21N3O5S3/c1-22-17-10-9-16(30(2,25)26)13-18(17)29-20(22)21-19(24)14-5-7-15(8-6-14)31(27,28)23-11-3-4-12-23/h5-10,13H,3-4,11-12H2,1-2H3. The van der Waals surface area contributed by atoms with Gasteiger partial charge in [0, 0.05) is 32.0 Å². The van der Waals surface area contributed by atoms with Crippen LogP contribution in [0.3, 0.4) is 0 Å². The molecule has 0 unspecified atom stereocenters. The number of sulfone groups is 1. The molecule has 0 N–H and O–H groups in total. The van der Waals surface area contributed by atoms with Gasteiger partial charge in [-0.2, -0.15) is 9.30 Å². The Morgan fingerprint density at radius 2 is 1.58 bits per heavy atom. The monoisotopic (exact) mass is 479 g/mol. The zero-order valence-corrected chi connectivity index (χ0v) is 19.4. The van der Waals surface area contributed by atoms with E-state index in [0.717, 1.165) is 24.6 Å². The molecule has 1 fully saturated rings. The van der Waals surface area contributed by atoms with Crippen LogP contribution in [0.15, 0.2) is 57.2 Å². The first-order chi connectivity index (χ1) is 14.6. The molecular weight excluding hydrogens is 458 g/mol. The third-order valence-corrected chi connectivity index (χ3v) is 9.33. The van der Waals surface area contributed by atoms with E-state index < -0.39 is 25.8 Å². The number of sulfonamides is 1. The van der Waals surface area contributed by atoms with Crippen LogP contribution in [0.2, 0.25) is 0 Å². The quantitative estimate of drug-likeness (QED) is 0.570. The molecule has 2 aromatic carbocycles. The Kier molecular flexibility index (Phi) is 5.63. The Balaban J connectivity index is 1.65. The Labute approximate surface area is 184 Å². The predicted molar refractivity (Wildman–Crippen MR) is 118 cm³/mol. The van der Waals surface area contributed by atoms with Gasteiger partial charge in [0.25, 0.3) is 5.91 Å². The predicted octanol–water partition coefficient (Wildman–Crippen LogP) is 2.17. The minimum atomic E-state index is -3.54. The van der Waals surface area contributed by atoms with E-state index >= 15 is 0 Å². The molecule has 31 heavy (non-hydrogen) atoms. The average molecular weight is 480 g/mol. The minimum Gasteiger partial charge on any atom is -0.319 e. The third-order valence-electron chi connectivity index (χ3n) is 5.21. The molecule has 2 heterocycles. The minimum absolute atomic E-state index is 0.159. The number of carbonyl (C=O) groups excluding carboxylic acids is 1. The maximum atomic E-state index is 12.7. The molecule has 11 heteroatoms. The van der Waals surface area contributed by atoms with Crippen LogP contribution in [-0.2, 0) is 26.9 Å². The van der Waals surface area contributed by atoms with Gasteiger partial charge in [0.05, 0.1) is 20.0 Å². The van der Waals surface area contributed by atoms with Gasteiger partial charge in [0.2, 0.25) is 10.0 Å². The summed E-state index contributed by atoms with van der Waals surface area (Å²) in [4.78, 5) is 17.6. The first-order valence-corrected chi connectivity index (χ1v) is 13.7. The SMILES string of the molecule is Cn1c(=NC(=O)c2ccc(S(=O)(=O)N3CCCC3)cc2)sc2cc(S(C)(=O)=O)ccc21. The van der Waals surface area contributed by atoms with Gasteiger partial charge in [-0.05, 0) is 55.3 Å². The number of hydrogen-bond donors (Lipinski definition) is 0. The number of rotatable bonds is 4. The number of carbonyl (C=O) groups is 1. The summed E-state index contributed by atoms with van der Waals surface area (Å²) < 4.78 is 52.7. The van der Waals surface area contributed by atoms with E-state index in [2.05, 4.69) is 4.99 Å². The van der Waals surface area contributed by atoms with Crippen LogP contribution in [0.4, 0.5) is 0 Å². The first-order valence-electron chi connectivity index (χ1n) is 9.56. The summed E-state index contributed by atoms with van der Waals surface area (Å²) in [6.07, 6.45) is 2.85.